The number of nitrogens with one attached hydrogen (secondary N) is 1. The Morgan fingerprint density at radius 3 is 2.38 bits per heavy atom. The summed E-state index contributed by atoms with van der Waals surface area (Å²) in [5, 5.41) is 0.526. The first kappa shape index (κ1) is 15.3. The Labute approximate surface area is 117 Å². The van der Waals surface area contributed by atoms with Gasteiger partial charge < -0.3 is 19.2 Å². The summed E-state index contributed by atoms with van der Waals surface area (Å²) in [6.07, 6.45) is -5.64. The number of H-pyrrole nitrogens is 1. The number of hydrogen-bond acceptors (Lipinski definition) is 4. The molecule has 2 aromatic rings. The van der Waals surface area contributed by atoms with E-state index in [1.807, 2.05) is 0 Å². The number of pyridine rings is 1. The number of alkyl halides is 3. The highest BCUT2D eigenvalue weighted by Crippen LogP contribution is 2.26. The Hall–Kier alpha value is -2.06. The van der Waals surface area contributed by atoms with Gasteiger partial charge in [-0.3, -0.25) is 4.79 Å². The monoisotopic (exact) mass is 303 g/mol. The second kappa shape index (κ2) is 5.74. The summed E-state index contributed by atoms with van der Waals surface area (Å²) in [4.78, 5) is 14.4. The summed E-state index contributed by atoms with van der Waals surface area (Å²) in [7, 11) is 2.75. The second-order valence-corrected chi connectivity index (χ2v) is 4.15. The second-order valence-electron chi connectivity index (χ2n) is 4.15. The molecule has 1 heterocycles. The molecule has 0 radical (unpaired) electrons. The largest absolute Gasteiger partial charge is 0.573 e. The number of aromatic amines is 1. The van der Waals surface area contributed by atoms with E-state index in [4.69, 9.17) is 9.47 Å². The Kier molecular flexibility index (Phi) is 4.19. The van der Waals surface area contributed by atoms with Crippen LogP contribution in [0.4, 0.5) is 13.2 Å². The molecule has 114 valence electrons. The Balaban J connectivity index is 2.47. The molecule has 0 aliphatic carbocycles. The summed E-state index contributed by atoms with van der Waals surface area (Å²) in [6.45, 7) is 0. The SMILES string of the molecule is COC(OC)c1cc2ccc(OC(F)(F)F)cc2[nH]c1=O. The van der Waals surface area contributed by atoms with Crippen LogP contribution in [0.25, 0.3) is 10.9 Å². The van der Waals surface area contributed by atoms with E-state index in [1.54, 1.807) is 0 Å². The number of methoxy groups -OCH3 is 2. The van der Waals surface area contributed by atoms with Crippen LogP contribution in [0.15, 0.2) is 29.1 Å². The molecule has 0 atom stereocenters. The lowest BCUT2D eigenvalue weighted by molar-refractivity contribution is -0.274. The van der Waals surface area contributed by atoms with Gasteiger partial charge in [0.15, 0.2) is 6.29 Å². The Bertz CT molecular complexity index is 692. The topological polar surface area (TPSA) is 60.6 Å². The molecule has 2 rings (SSSR count). The number of hydrogen-bond donors (Lipinski definition) is 1. The lowest BCUT2D eigenvalue weighted by Gasteiger charge is -2.14. The quantitative estimate of drug-likeness (QED) is 0.882. The van der Waals surface area contributed by atoms with Crippen molar-refractivity contribution < 1.29 is 27.4 Å². The van der Waals surface area contributed by atoms with E-state index < -0.39 is 24.0 Å². The van der Waals surface area contributed by atoms with Crippen molar-refractivity contribution in [3.8, 4) is 5.75 Å². The third kappa shape index (κ3) is 3.53. The number of aromatic nitrogens is 1. The fraction of sp³-hybridized carbons (Fsp3) is 0.308. The molecule has 1 N–H and O–H groups in total. The molecule has 0 bridgehead atoms. The van der Waals surface area contributed by atoms with Gasteiger partial charge in [0, 0.05) is 20.3 Å². The van der Waals surface area contributed by atoms with E-state index in [-0.39, 0.29) is 11.1 Å². The van der Waals surface area contributed by atoms with Gasteiger partial charge in [0.05, 0.1) is 11.1 Å². The van der Waals surface area contributed by atoms with Crippen molar-refractivity contribution in [2.45, 2.75) is 12.7 Å². The molecule has 0 aliphatic heterocycles. The van der Waals surface area contributed by atoms with Crippen molar-refractivity contribution in [3.63, 3.8) is 0 Å². The number of fused-ring (bicyclic) bond motifs is 1. The Morgan fingerprint density at radius 2 is 1.81 bits per heavy atom. The maximum atomic E-state index is 12.2. The summed E-state index contributed by atoms with van der Waals surface area (Å²) >= 11 is 0. The van der Waals surface area contributed by atoms with Crippen LogP contribution in [0.1, 0.15) is 11.9 Å². The van der Waals surface area contributed by atoms with Crippen molar-refractivity contribution in [2.24, 2.45) is 0 Å². The van der Waals surface area contributed by atoms with Crippen LogP contribution in [0.5, 0.6) is 5.75 Å². The molecule has 1 aromatic heterocycles. The van der Waals surface area contributed by atoms with Crippen LogP contribution in [0.2, 0.25) is 0 Å². The van der Waals surface area contributed by atoms with E-state index >= 15 is 0 Å². The summed E-state index contributed by atoms with van der Waals surface area (Å²) in [5.74, 6) is -0.409. The van der Waals surface area contributed by atoms with Gasteiger partial charge in [0.25, 0.3) is 5.56 Å². The van der Waals surface area contributed by atoms with Gasteiger partial charge in [-0.2, -0.15) is 0 Å². The van der Waals surface area contributed by atoms with Crippen LogP contribution < -0.4 is 10.3 Å². The standard InChI is InChI=1S/C13H12F3NO4/c1-19-12(20-2)9-5-7-3-4-8(21-13(14,15)16)6-10(7)17-11(9)18/h3-6,12H,1-2H3,(H,17,18). The van der Waals surface area contributed by atoms with E-state index in [2.05, 4.69) is 9.72 Å². The van der Waals surface area contributed by atoms with E-state index in [9.17, 15) is 18.0 Å². The van der Waals surface area contributed by atoms with Gasteiger partial charge in [-0.15, -0.1) is 13.2 Å². The van der Waals surface area contributed by atoms with Crippen molar-refractivity contribution in [1.29, 1.82) is 0 Å². The van der Waals surface area contributed by atoms with E-state index in [0.717, 1.165) is 12.1 Å². The summed E-state index contributed by atoms with van der Waals surface area (Å²) in [5.41, 5.74) is -0.0752. The van der Waals surface area contributed by atoms with E-state index in [1.165, 1.54) is 26.4 Å². The molecular formula is C13H12F3NO4. The molecule has 0 unspecified atom stereocenters. The molecule has 1 aromatic carbocycles. The van der Waals surface area contributed by atoms with Crippen LogP contribution in [0.3, 0.4) is 0 Å². The highest BCUT2D eigenvalue weighted by Gasteiger charge is 2.31. The van der Waals surface area contributed by atoms with Crippen molar-refractivity contribution in [1.82, 2.24) is 4.98 Å². The summed E-state index contributed by atoms with van der Waals surface area (Å²) in [6, 6.07) is 5.15. The minimum Gasteiger partial charge on any atom is -0.406 e. The highest BCUT2D eigenvalue weighted by molar-refractivity contribution is 5.80. The number of halogens is 3. The molecule has 0 fully saturated rings. The number of rotatable bonds is 4. The lowest BCUT2D eigenvalue weighted by Crippen LogP contribution is -2.19. The molecule has 5 nitrogen and oxygen atoms in total. The fourth-order valence-corrected chi connectivity index (χ4v) is 1.92. The zero-order valence-corrected chi connectivity index (χ0v) is 11.2. The molecule has 0 spiro atoms. The maximum absolute atomic E-state index is 12.2. The van der Waals surface area contributed by atoms with Crippen molar-refractivity contribution >= 4 is 10.9 Å². The molecule has 0 saturated carbocycles. The molecule has 0 aliphatic rings. The molecule has 21 heavy (non-hydrogen) atoms. The lowest BCUT2D eigenvalue weighted by atomic mass is 10.1. The fourth-order valence-electron chi connectivity index (χ4n) is 1.92. The Morgan fingerprint density at radius 1 is 1.14 bits per heavy atom. The van der Waals surface area contributed by atoms with Gasteiger partial charge in [0.2, 0.25) is 0 Å². The average Bonchev–Trinajstić information content (AvgIpc) is 2.39. The van der Waals surface area contributed by atoms with Crippen LogP contribution >= 0.6 is 0 Å². The van der Waals surface area contributed by atoms with E-state index in [0.29, 0.717) is 5.39 Å². The van der Waals surface area contributed by atoms with Gasteiger partial charge in [0.1, 0.15) is 5.75 Å². The predicted molar refractivity (Wildman–Crippen MR) is 68.0 cm³/mol. The molecule has 8 heteroatoms. The van der Waals surface area contributed by atoms with Crippen LogP contribution in [-0.4, -0.2) is 25.6 Å². The first-order valence-corrected chi connectivity index (χ1v) is 5.82. The normalized spacial score (nSPS) is 12.1. The van der Waals surface area contributed by atoms with Crippen molar-refractivity contribution in [3.05, 3.63) is 40.2 Å². The molecular weight excluding hydrogens is 291 g/mol. The minimum absolute atomic E-state index is 0.219. The average molecular weight is 303 g/mol. The number of ether oxygens (including phenoxy) is 3. The smallest absolute Gasteiger partial charge is 0.406 e. The van der Waals surface area contributed by atoms with Gasteiger partial charge in [-0.1, -0.05) is 0 Å². The van der Waals surface area contributed by atoms with Gasteiger partial charge in [-0.05, 0) is 23.6 Å². The highest BCUT2D eigenvalue weighted by atomic mass is 19.4. The third-order valence-corrected chi connectivity index (χ3v) is 2.76. The van der Waals surface area contributed by atoms with Crippen LogP contribution in [0, 0.1) is 0 Å². The summed E-state index contributed by atoms with van der Waals surface area (Å²) < 4.78 is 50.2. The maximum Gasteiger partial charge on any atom is 0.573 e. The third-order valence-electron chi connectivity index (χ3n) is 2.76. The first-order chi connectivity index (χ1) is 9.84. The molecule has 0 amide bonds. The van der Waals surface area contributed by atoms with Gasteiger partial charge in [-0.25, -0.2) is 0 Å². The van der Waals surface area contributed by atoms with Crippen molar-refractivity contribution in [2.75, 3.05) is 14.2 Å². The van der Waals surface area contributed by atoms with Gasteiger partial charge >= 0.3 is 6.36 Å². The first-order valence-electron chi connectivity index (χ1n) is 5.82. The zero-order chi connectivity index (χ0) is 15.6. The zero-order valence-electron chi connectivity index (χ0n) is 11.2. The minimum atomic E-state index is -4.79. The predicted octanol–water partition coefficient (Wildman–Crippen LogP) is 2.72. The number of benzene rings is 1. The molecule has 0 saturated heterocycles. The van der Waals surface area contributed by atoms with Crippen LogP contribution in [-0.2, 0) is 9.47 Å².